The Labute approximate surface area is 219 Å². The van der Waals surface area contributed by atoms with E-state index in [1.165, 1.54) is 11.8 Å². The van der Waals surface area contributed by atoms with Crippen molar-refractivity contribution < 1.29 is 9.53 Å². The van der Waals surface area contributed by atoms with E-state index in [1.54, 1.807) is 0 Å². The number of hydrogen-bond acceptors (Lipinski definition) is 2. The zero-order valence-corrected chi connectivity index (χ0v) is 22.0. The molecule has 1 saturated heterocycles. The summed E-state index contributed by atoms with van der Waals surface area (Å²) >= 11 is 0. The zero-order valence-electron chi connectivity index (χ0n) is 22.0. The highest BCUT2D eigenvalue weighted by atomic mass is 16.5. The van der Waals surface area contributed by atoms with Crippen LogP contribution in [0.4, 0.5) is 0 Å². The van der Waals surface area contributed by atoms with E-state index < -0.39 is 0 Å². The van der Waals surface area contributed by atoms with Crippen LogP contribution in [-0.4, -0.2) is 28.4 Å². The first-order valence-electron chi connectivity index (χ1n) is 13.5. The second-order valence-corrected chi connectivity index (χ2v) is 12.3. The third-order valence-electron chi connectivity index (χ3n) is 8.35. The molecule has 0 spiro atoms. The van der Waals surface area contributed by atoms with E-state index in [-0.39, 0.29) is 22.7 Å². The molecule has 4 heteroatoms. The van der Waals surface area contributed by atoms with Crippen LogP contribution >= 0.6 is 0 Å². The highest BCUT2D eigenvalue weighted by Gasteiger charge is 2.51. The number of aromatic amines is 1. The van der Waals surface area contributed by atoms with Crippen LogP contribution in [0.1, 0.15) is 63.5 Å². The van der Waals surface area contributed by atoms with Crippen LogP contribution in [0.2, 0.25) is 0 Å². The lowest BCUT2D eigenvalue weighted by molar-refractivity contribution is -0.132. The van der Waals surface area contributed by atoms with E-state index in [0.29, 0.717) is 12.5 Å². The van der Waals surface area contributed by atoms with E-state index in [0.717, 1.165) is 47.5 Å². The van der Waals surface area contributed by atoms with Gasteiger partial charge in [-0.3, -0.25) is 4.79 Å². The van der Waals surface area contributed by atoms with Crippen molar-refractivity contribution in [2.75, 3.05) is 6.54 Å². The molecule has 2 aliphatic rings. The molecule has 1 N–H and O–H groups in total. The van der Waals surface area contributed by atoms with Crippen LogP contribution in [0.25, 0.3) is 10.9 Å². The number of carbonyl (C=O) groups excluding carboxylic acids is 1. The van der Waals surface area contributed by atoms with Crippen molar-refractivity contribution in [3.05, 3.63) is 96.2 Å². The van der Waals surface area contributed by atoms with Gasteiger partial charge in [0.1, 0.15) is 11.5 Å². The van der Waals surface area contributed by atoms with Gasteiger partial charge in [-0.1, -0.05) is 69.3 Å². The standard InChI is InChI=1S/C33H36N2O2/c1-32(2)18-24-19-33(3,21-32)22-35(24)31(36)17-28(29-20-34-30-15-8-7-14-27(29)30)23-10-9-13-26(16-23)37-25-11-5-4-6-12-25/h4-16,20,24,28,34H,17-19,21-22H2,1-3H3. The number of nitrogens with one attached hydrogen (secondary N) is 1. The topological polar surface area (TPSA) is 45.3 Å². The Morgan fingerprint density at radius 3 is 2.57 bits per heavy atom. The summed E-state index contributed by atoms with van der Waals surface area (Å²) in [6.45, 7) is 7.96. The molecule has 190 valence electrons. The maximum Gasteiger partial charge on any atom is 0.223 e. The van der Waals surface area contributed by atoms with Crippen molar-refractivity contribution in [3.8, 4) is 11.5 Å². The van der Waals surface area contributed by atoms with Crippen LogP contribution in [0, 0.1) is 10.8 Å². The van der Waals surface area contributed by atoms with Crippen LogP contribution in [0.15, 0.2) is 85.1 Å². The Morgan fingerprint density at radius 1 is 0.973 bits per heavy atom. The highest BCUT2D eigenvalue weighted by molar-refractivity contribution is 5.86. The number of rotatable bonds is 6. The summed E-state index contributed by atoms with van der Waals surface area (Å²) in [6, 6.07) is 26.8. The van der Waals surface area contributed by atoms with E-state index in [2.05, 4.69) is 67.2 Å². The van der Waals surface area contributed by atoms with Crippen molar-refractivity contribution >= 4 is 16.8 Å². The van der Waals surface area contributed by atoms with E-state index in [1.807, 2.05) is 48.5 Å². The number of amides is 1. The summed E-state index contributed by atoms with van der Waals surface area (Å²) in [5.41, 5.74) is 3.86. The molecule has 1 amide bonds. The van der Waals surface area contributed by atoms with Gasteiger partial charge >= 0.3 is 0 Å². The largest absolute Gasteiger partial charge is 0.457 e. The fourth-order valence-corrected chi connectivity index (χ4v) is 7.25. The normalized spacial score (nSPS) is 23.2. The number of para-hydroxylation sites is 2. The molecular weight excluding hydrogens is 456 g/mol. The van der Waals surface area contributed by atoms with Crippen LogP contribution in [0.5, 0.6) is 11.5 Å². The van der Waals surface area contributed by atoms with Crippen molar-refractivity contribution in [3.63, 3.8) is 0 Å². The summed E-state index contributed by atoms with van der Waals surface area (Å²) in [6.07, 6.45) is 5.93. The van der Waals surface area contributed by atoms with E-state index in [4.69, 9.17) is 4.74 Å². The smallest absolute Gasteiger partial charge is 0.223 e. The lowest BCUT2D eigenvalue weighted by Crippen LogP contribution is -2.38. The minimum Gasteiger partial charge on any atom is -0.457 e. The minimum atomic E-state index is -0.0655. The SMILES string of the molecule is CC1(C)CC2CC(C)(CN2C(=O)CC(c2cccc(Oc3ccccc3)c2)c2c[nH]c3ccccc23)C1. The highest BCUT2D eigenvalue weighted by Crippen LogP contribution is 2.53. The predicted molar refractivity (Wildman–Crippen MR) is 149 cm³/mol. The maximum absolute atomic E-state index is 14.0. The zero-order chi connectivity index (χ0) is 25.6. The van der Waals surface area contributed by atoms with Crippen molar-refractivity contribution in [1.29, 1.82) is 0 Å². The molecule has 3 atom stereocenters. The average Bonchev–Trinajstić information content (AvgIpc) is 3.40. The van der Waals surface area contributed by atoms with Crippen LogP contribution in [0.3, 0.4) is 0 Å². The predicted octanol–water partition coefficient (Wildman–Crippen LogP) is 7.91. The summed E-state index contributed by atoms with van der Waals surface area (Å²) in [4.78, 5) is 19.7. The summed E-state index contributed by atoms with van der Waals surface area (Å²) in [7, 11) is 0. The monoisotopic (exact) mass is 492 g/mol. The molecule has 3 aromatic carbocycles. The maximum atomic E-state index is 14.0. The fourth-order valence-electron chi connectivity index (χ4n) is 7.25. The molecule has 1 saturated carbocycles. The molecule has 1 aliphatic heterocycles. The summed E-state index contributed by atoms with van der Waals surface area (Å²) in [5.74, 6) is 1.78. The molecule has 1 aliphatic carbocycles. The number of ether oxygens (including phenoxy) is 1. The van der Waals surface area contributed by atoms with Gasteiger partial charge < -0.3 is 14.6 Å². The van der Waals surface area contributed by atoms with Crippen LogP contribution in [-0.2, 0) is 4.79 Å². The molecule has 2 bridgehead atoms. The summed E-state index contributed by atoms with van der Waals surface area (Å²) in [5, 5.41) is 1.17. The number of hydrogen-bond donors (Lipinski definition) is 1. The average molecular weight is 493 g/mol. The lowest BCUT2D eigenvalue weighted by Gasteiger charge is -2.39. The van der Waals surface area contributed by atoms with Gasteiger partial charge in [0.15, 0.2) is 0 Å². The molecule has 2 heterocycles. The van der Waals surface area contributed by atoms with E-state index in [9.17, 15) is 4.79 Å². The number of benzene rings is 3. The van der Waals surface area contributed by atoms with Gasteiger partial charge in [0.2, 0.25) is 5.91 Å². The van der Waals surface area contributed by atoms with Crippen molar-refractivity contribution in [2.24, 2.45) is 10.8 Å². The number of H-pyrrole nitrogens is 1. The molecular formula is C33H36N2O2. The van der Waals surface area contributed by atoms with Gasteiger partial charge in [-0.2, -0.15) is 0 Å². The molecule has 1 aromatic heterocycles. The Morgan fingerprint density at radius 2 is 1.73 bits per heavy atom. The molecule has 4 aromatic rings. The first kappa shape index (κ1) is 23.8. The summed E-state index contributed by atoms with van der Waals surface area (Å²) < 4.78 is 6.17. The van der Waals surface area contributed by atoms with Crippen molar-refractivity contribution in [2.45, 2.75) is 58.4 Å². The third kappa shape index (κ3) is 4.77. The fraction of sp³-hybridized carbons (Fsp3) is 0.364. The molecule has 3 unspecified atom stereocenters. The third-order valence-corrected chi connectivity index (χ3v) is 8.35. The van der Waals surface area contributed by atoms with Crippen LogP contribution < -0.4 is 4.74 Å². The van der Waals surface area contributed by atoms with Gasteiger partial charge in [-0.25, -0.2) is 0 Å². The Hall–Kier alpha value is -3.53. The number of aromatic nitrogens is 1. The molecule has 6 rings (SSSR count). The van der Waals surface area contributed by atoms with Gasteiger partial charge in [0.05, 0.1) is 0 Å². The second-order valence-electron chi connectivity index (χ2n) is 12.3. The molecule has 0 radical (unpaired) electrons. The molecule has 37 heavy (non-hydrogen) atoms. The van der Waals surface area contributed by atoms with Gasteiger partial charge in [-0.15, -0.1) is 0 Å². The van der Waals surface area contributed by atoms with Gasteiger partial charge in [-0.05, 0) is 71.6 Å². The van der Waals surface area contributed by atoms with Crippen molar-refractivity contribution in [1.82, 2.24) is 9.88 Å². The number of nitrogens with zero attached hydrogens (tertiary/aromatic N) is 1. The Balaban J connectivity index is 1.34. The van der Waals surface area contributed by atoms with E-state index >= 15 is 0 Å². The minimum absolute atomic E-state index is 0.0655. The first-order valence-corrected chi connectivity index (χ1v) is 13.5. The molecule has 2 fully saturated rings. The number of likely N-dealkylation sites (tertiary alicyclic amines) is 1. The lowest BCUT2D eigenvalue weighted by atomic mass is 9.65. The number of fused-ring (bicyclic) bond motifs is 3. The quantitative estimate of drug-likeness (QED) is 0.297. The van der Waals surface area contributed by atoms with Gasteiger partial charge in [0.25, 0.3) is 0 Å². The molecule has 4 nitrogen and oxygen atoms in total. The first-order chi connectivity index (χ1) is 17.8. The second kappa shape index (κ2) is 9.09. The van der Waals surface area contributed by atoms with Gasteiger partial charge in [0, 0.05) is 42.0 Å². The Kier molecular flexibility index (Phi) is 5.86. The Bertz CT molecular complexity index is 1420. The number of carbonyl (C=O) groups is 1.